The summed E-state index contributed by atoms with van der Waals surface area (Å²) in [6.45, 7) is 18.1. The summed E-state index contributed by atoms with van der Waals surface area (Å²) >= 11 is 0. The Labute approximate surface area is 218 Å². The number of carbonyl (C=O) groups is 3. The van der Waals surface area contributed by atoms with Crippen LogP contribution in [-0.4, -0.2) is 46.5 Å². The number of benzene rings is 1. The van der Waals surface area contributed by atoms with Crippen LogP contribution in [0.25, 0.3) is 0 Å². The summed E-state index contributed by atoms with van der Waals surface area (Å²) in [5, 5.41) is 5.37. The van der Waals surface area contributed by atoms with Gasteiger partial charge in [0, 0.05) is 5.56 Å². The molecule has 9 heteroatoms. The van der Waals surface area contributed by atoms with Gasteiger partial charge in [-0.2, -0.15) is 0 Å². The number of guanidine groups is 1. The molecule has 1 aliphatic heterocycles. The van der Waals surface area contributed by atoms with Gasteiger partial charge in [0.15, 0.2) is 0 Å². The summed E-state index contributed by atoms with van der Waals surface area (Å²) in [5.41, 5.74) is 0.443. The third kappa shape index (κ3) is 8.70. The lowest BCUT2D eigenvalue weighted by Gasteiger charge is -2.32. The maximum Gasteiger partial charge on any atom is 0.414 e. The summed E-state index contributed by atoms with van der Waals surface area (Å²) in [6, 6.07) is 3.15. The lowest BCUT2D eigenvalue weighted by Crippen LogP contribution is -2.52. The number of hydrogen-bond donors (Lipinski definition) is 2. The Bertz CT molecular complexity index is 1120. The van der Waals surface area contributed by atoms with Crippen LogP contribution in [0.2, 0.25) is 0 Å². The van der Waals surface area contributed by atoms with Gasteiger partial charge in [-0.3, -0.25) is 19.8 Å². The third-order valence-corrected chi connectivity index (χ3v) is 5.56. The van der Waals surface area contributed by atoms with E-state index in [1.54, 1.807) is 45.9 Å². The van der Waals surface area contributed by atoms with Crippen LogP contribution in [0.3, 0.4) is 0 Å². The van der Waals surface area contributed by atoms with Gasteiger partial charge in [0.05, 0.1) is 25.0 Å². The standard InChI is InChI=1S/C28H37FN4O4/c1-9-11-20(10-2)18(5)30-25(35)21-12-19(13-22(29)14-21)16-33-24(34)15-23(17(3)4)31-26(33)32-27(36)37-28(6,7)8/h9-14,17-18,23H,1-2,15-16H2,3-8H3,(H,30,35)(H,31,32,36)/b20-11+. The summed E-state index contributed by atoms with van der Waals surface area (Å²) < 4.78 is 19.9. The number of alkyl carbamates (subject to hydrolysis) is 1. The first kappa shape index (κ1) is 29.5. The molecule has 0 saturated carbocycles. The van der Waals surface area contributed by atoms with E-state index in [1.165, 1.54) is 17.0 Å². The van der Waals surface area contributed by atoms with Crippen molar-refractivity contribution in [2.24, 2.45) is 10.9 Å². The van der Waals surface area contributed by atoms with E-state index in [0.29, 0.717) is 5.56 Å². The Kier molecular flexibility index (Phi) is 9.94. The van der Waals surface area contributed by atoms with Crippen LogP contribution in [0, 0.1) is 11.7 Å². The van der Waals surface area contributed by atoms with Gasteiger partial charge in [-0.05, 0) is 62.9 Å². The minimum absolute atomic E-state index is 0.0262. The quantitative estimate of drug-likeness (QED) is 0.485. The molecule has 0 aliphatic carbocycles. The maximum atomic E-state index is 14.5. The van der Waals surface area contributed by atoms with Gasteiger partial charge in [0.1, 0.15) is 11.4 Å². The SMILES string of the molecule is C=C/C=C(\C=C)C(C)NC(=O)c1cc(F)cc(CN2C(=O)CC(C(C)C)N=C2NC(=O)OC(C)(C)C)c1. The van der Waals surface area contributed by atoms with E-state index < -0.39 is 23.4 Å². The molecule has 1 aromatic rings. The summed E-state index contributed by atoms with van der Waals surface area (Å²) in [4.78, 5) is 44.2. The van der Waals surface area contributed by atoms with Crippen molar-refractivity contribution in [3.05, 3.63) is 72.1 Å². The molecule has 2 unspecified atom stereocenters. The van der Waals surface area contributed by atoms with E-state index in [4.69, 9.17) is 4.74 Å². The van der Waals surface area contributed by atoms with Crippen molar-refractivity contribution in [1.29, 1.82) is 0 Å². The van der Waals surface area contributed by atoms with E-state index in [1.807, 2.05) is 13.8 Å². The highest BCUT2D eigenvalue weighted by molar-refractivity contribution is 6.04. The molecule has 0 saturated heterocycles. The topological polar surface area (TPSA) is 100 Å². The monoisotopic (exact) mass is 512 g/mol. The molecule has 3 amide bonds. The Morgan fingerprint density at radius 3 is 2.49 bits per heavy atom. The van der Waals surface area contributed by atoms with Crippen molar-refractivity contribution in [1.82, 2.24) is 15.5 Å². The van der Waals surface area contributed by atoms with Gasteiger partial charge in [-0.25, -0.2) is 14.2 Å². The van der Waals surface area contributed by atoms with E-state index in [9.17, 15) is 18.8 Å². The second-order valence-electron chi connectivity index (χ2n) is 10.2. The first-order chi connectivity index (χ1) is 17.2. The zero-order valence-corrected chi connectivity index (χ0v) is 22.4. The molecule has 1 aliphatic rings. The van der Waals surface area contributed by atoms with Gasteiger partial charge in [-0.1, -0.05) is 45.2 Å². The van der Waals surface area contributed by atoms with E-state index >= 15 is 0 Å². The fourth-order valence-corrected chi connectivity index (χ4v) is 3.67. The van der Waals surface area contributed by atoms with Crippen molar-refractivity contribution in [3.8, 4) is 0 Å². The average Bonchev–Trinajstić information content (AvgIpc) is 2.77. The lowest BCUT2D eigenvalue weighted by molar-refractivity contribution is -0.129. The first-order valence-corrected chi connectivity index (χ1v) is 12.2. The zero-order valence-electron chi connectivity index (χ0n) is 22.4. The molecule has 200 valence electrons. The van der Waals surface area contributed by atoms with Gasteiger partial charge in [0.25, 0.3) is 5.91 Å². The van der Waals surface area contributed by atoms with Crippen LogP contribution in [0.15, 0.2) is 60.2 Å². The largest absolute Gasteiger partial charge is 0.444 e. The Morgan fingerprint density at radius 1 is 1.24 bits per heavy atom. The van der Waals surface area contributed by atoms with Crippen molar-refractivity contribution in [3.63, 3.8) is 0 Å². The maximum absolute atomic E-state index is 14.5. The van der Waals surface area contributed by atoms with Crippen molar-refractivity contribution >= 4 is 23.9 Å². The molecule has 0 bridgehead atoms. The third-order valence-electron chi connectivity index (χ3n) is 5.56. The number of rotatable bonds is 8. The molecular weight excluding hydrogens is 475 g/mol. The molecular formula is C28H37FN4O4. The summed E-state index contributed by atoms with van der Waals surface area (Å²) in [5.74, 6) is -1.32. The highest BCUT2D eigenvalue weighted by atomic mass is 19.1. The van der Waals surface area contributed by atoms with Crippen LogP contribution in [0.5, 0.6) is 0 Å². The number of hydrogen-bond acceptors (Lipinski definition) is 5. The van der Waals surface area contributed by atoms with Crippen molar-refractivity contribution in [2.45, 2.75) is 72.2 Å². The van der Waals surface area contributed by atoms with Crippen molar-refractivity contribution in [2.75, 3.05) is 0 Å². The minimum Gasteiger partial charge on any atom is -0.444 e. The van der Waals surface area contributed by atoms with E-state index in [-0.39, 0.29) is 48.4 Å². The highest BCUT2D eigenvalue weighted by Gasteiger charge is 2.32. The predicted octanol–water partition coefficient (Wildman–Crippen LogP) is 4.88. The van der Waals surface area contributed by atoms with Gasteiger partial charge >= 0.3 is 6.09 Å². The number of carbonyl (C=O) groups excluding carboxylic acids is 3. The number of amides is 3. The molecule has 0 aromatic heterocycles. The molecule has 37 heavy (non-hydrogen) atoms. The van der Waals surface area contributed by atoms with Crippen LogP contribution in [-0.2, 0) is 16.1 Å². The predicted molar refractivity (Wildman–Crippen MR) is 142 cm³/mol. The van der Waals surface area contributed by atoms with Gasteiger partial charge in [-0.15, -0.1) is 0 Å². The number of nitrogens with zero attached hydrogens (tertiary/aromatic N) is 2. The molecule has 1 heterocycles. The molecule has 1 aromatic carbocycles. The molecule has 0 fully saturated rings. The summed E-state index contributed by atoms with van der Waals surface area (Å²) in [6.07, 6.45) is 4.29. The number of halogens is 1. The fourth-order valence-electron chi connectivity index (χ4n) is 3.67. The minimum atomic E-state index is -0.757. The second-order valence-corrected chi connectivity index (χ2v) is 10.2. The van der Waals surface area contributed by atoms with Crippen LogP contribution < -0.4 is 10.6 Å². The Balaban J connectivity index is 2.32. The van der Waals surface area contributed by atoms with Crippen LogP contribution in [0.1, 0.15) is 63.9 Å². The highest BCUT2D eigenvalue weighted by Crippen LogP contribution is 2.21. The summed E-state index contributed by atoms with van der Waals surface area (Å²) in [7, 11) is 0. The number of allylic oxidation sites excluding steroid dienone is 2. The lowest BCUT2D eigenvalue weighted by atomic mass is 9.99. The molecule has 2 atom stereocenters. The van der Waals surface area contributed by atoms with E-state index in [2.05, 4.69) is 28.8 Å². The smallest absolute Gasteiger partial charge is 0.414 e. The molecule has 2 N–H and O–H groups in total. The fraction of sp³-hybridized carbons (Fsp3) is 0.429. The molecule has 0 spiro atoms. The average molecular weight is 513 g/mol. The zero-order chi connectivity index (χ0) is 27.9. The molecule has 0 radical (unpaired) electrons. The molecule has 8 nitrogen and oxygen atoms in total. The van der Waals surface area contributed by atoms with Crippen LogP contribution >= 0.6 is 0 Å². The normalized spacial score (nSPS) is 17.1. The van der Waals surface area contributed by atoms with Gasteiger partial charge in [0.2, 0.25) is 11.9 Å². The Morgan fingerprint density at radius 2 is 1.92 bits per heavy atom. The number of nitrogens with one attached hydrogen (secondary N) is 2. The van der Waals surface area contributed by atoms with Gasteiger partial charge < -0.3 is 10.1 Å². The molecule has 2 rings (SSSR count). The van der Waals surface area contributed by atoms with Crippen LogP contribution in [0.4, 0.5) is 9.18 Å². The van der Waals surface area contributed by atoms with E-state index in [0.717, 1.165) is 11.6 Å². The second kappa shape index (κ2) is 12.5. The first-order valence-electron chi connectivity index (χ1n) is 12.2. The number of ether oxygens (including phenoxy) is 1. The van der Waals surface area contributed by atoms with Crippen molar-refractivity contribution < 1.29 is 23.5 Å². The Hall–Kier alpha value is -3.75. The number of aliphatic imine (C=N–C) groups is 1.